The summed E-state index contributed by atoms with van der Waals surface area (Å²) in [6, 6.07) is 0. The Morgan fingerprint density at radius 2 is 2.08 bits per heavy atom. The molecule has 0 bridgehead atoms. The van der Waals surface area contributed by atoms with E-state index in [1.807, 2.05) is 18.7 Å². The van der Waals surface area contributed by atoms with Gasteiger partial charge in [0.1, 0.15) is 5.60 Å². The number of aryl methyl sites for hydroxylation is 2. The monoisotopic (exact) mass is 335 g/mol. The summed E-state index contributed by atoms with van der Waals surface area (Å²) in [5, 5.41) is 18.0. The fourth-order valence-corrected chi connectivity index (χ4v) is 4.12. The van der Waals surface area contributed by atoms with Crippen LogP contribution in [0.25, 0.3) is 0 Å². The average Bonchev–Trinajstić information content (AvgIpc) is 3.10. The van der Waals surface area contributed by atoms with Gasteiger partial charge in [0.05, 0.1) is 11.8 Å². The van der Waals surface area contributed by atoms with Gasteiger partial charge in [-0.05, 0) is 33.1 Å². The average molecular weight is 335 g/mol. The second kappa shape index (κ2) is 6.84. The standard InChI is InChI=1S/C18H29N3O3/c1-12-15(13(2)21(3)20-12)16-14(7-10-24-16)11-19-17(22)18(23)8-5-4-6-9-18/h14,16,23H,4-11H2,1-3H3,(H,19,22)/t14-,16+/m1/s1. The van der Waals surface area contributed by atoms with Crippen LogP contribution in [-0.2, 0) is 16.6 Å². The Morgan fingerprint density at radius 1 is 1.38 bits per heavy atom. The van der Waals surface area contributed by atoms with Gasteiger partial charge < -0.3 is 15.2 Å². The van der Waals surface area contributed by atoms with Gasteiger partial charge in [0.25, 0.3) is 5.91 Å². The van der Waals surface area contributed by atoms with Gasteiger partial charge in [0.2, 0.25) is 0 Å². The maximum atomic E-state index is 12.4. The Hall–Kier alpha value is -1.40. The second-order valence-electron chi connectivity index (χ2n) is 7.35. The molecule has 0 spiro atoms. The van der Waals surface area contributed by atoms with Crippen LogP contribution in [-0.4, -0.2) is 39.5 Å². The smallest absolute Gasteiger partial charge is 0.251 e. The lowest BCUT2D eigenvalue weighted by Gasteiger charge is -2.31. The second-order valence-corrected chi connectivity index (χ2v) is 7.35. The number of ether oxygens (including phenoxy) is 1. The zero-order valence-corrected chi connectivity index (χ0v) is 15.0. The number of amides is 1. The third kappa shape index (κ3) is 3.22. The Balaban J connectivity index is 1.65. The number of rotatable bonds is 4. The van der Waals surface area contributed by atoms with E-state index in [2.05, 4.69) is 17.3 Å². The van der Waals surface area contributed by atoms with Crippen LogP contribution < -0.4 is 5.32 Å². The molecule has 1 aliphatic carbocycles. The van der Waals surface area contributed by atoms with E-state index in [4.69, 9.17) is 4.74 Å². The van der Waals surface area contributed by atoms with Gasteiger partial charge >= 0.3 is 0 Å². The first-order chi connectivity index (χ1) is 11.4. The van der Waals surface area contributed by atoms with E-state index in [0.717, 1.165) is 42.6 Å². The highest BCUT2D eigenvalue weighted by atomic mass is 16.5. The molecule has 6 nitrogen and oxygen atoms in total. The number of carbonyl (C=O) groups excluding carboxylic acids is 1. The minimum absolute atomic E-state index is 0.0278. The SMILES string of the molecule is Cc1nn(C)c(C)c1[C@H]1OCC[C@@H]1CNC(=O)C1(O)CCCCC1. The summed E-state index contributed by atoms with van der Waals surface area (Å²) in [5.41, 5.74) is 2.07. The van der Waals surface area contributed by atoms with Crippen molar-refractivity contribution in [1.29, 1.82) is 0 Å². The Morgan fingerprint density at radius 3 is 2.71 bits per heavy atom. The molecule has 3 rings (SSSR count). The molecule has 2 heterocycles. The topological polar surface area (TPSA) is 76.4 Å². The number of hydrogen-bond donors (Lipinski definition) is 2. The fraction of sp³-hybridized carbons (Fsp3) is 0.778. The summed E-state index contributed by atoms with van der Waals surface area (Å²) in [7, 11) is 1.94. The highest BCUT2D eigenvalue weighted by Gasteiger charge is 2.39. The molecule has 0 radical (unpaired) electrons. The maximum Gasteiger partial charge on any atom is 0.251 e. The first-order valence-electron chi connectivity index (χ1n) is 9.05. The van der Waals surface area contributed by atoms with Gasteiger partial charge in [0.15, 0.2) is 0 Å². The quantitative estimate of drug-likeness (QED) is 0.881. The van der Waals surface area contributed by atoms with Crippen LogP contribution in [0.15, 0.2) is 0 Å². The molecule has 2 fully saturated rings. The van der Waals surface area contributed by atoms with Crippen molar-refractivity contribution >= 4 is 5.91 Å². The molecular formula is C18H29N3O3. The van der Waals surface area contributed by atoms with Gasteiger partial charge in [-0.1, -0.05) is 19.3 Å². The molecule has 2 aliphatic rings. The van der Waals surface area contributed by atoms with Crippen LogP contribution in [0, 0.1) is 19.8 Å². The molecule has 24 heavy (non-hydrogen) atoms. The summed E-state index contributed by atoms with van der Waals surface area (Å²) >= 11 is 0. The lowest BCUT2D eigenvalue weighted by atomic mass is 9.84. The first-order valence-corrected chi connectivity index (χ1v) is 9.05. The largest absolute Gasteiger partial charge is 0.380 e. The van der Waals surface area contributed by atoms with Crippen LogP contribution in [0.1, 0.15) is 61.6 Å². The molecular weight excluding hydrogens is 306 g/mol. The van der Waals surface area contributed by atoms with Crippen LogP contribution >= 0.6 is 0 Å². The van der Waals surface area contributed by atoms with Crippen molar-refractivity contribution in [3.05, 3.63) is 17.0 Å². The summed E-state index contributed by atoms with van der Waals surface area (Å²) in [6.45, 7) is 5.30. The molecule has 1 aliphatic heterocycles. The van der Waals surface area contributed by atoms with Gasteiger partial charge in [-0.25, -0.2) is 0 Å². The molecule has 6 heteroatoms. The normalized spacial score (nSPS) is 26.5. The van der Waals surface area contributed by atoms with E-state index in [9.17, 15) is 9.90 Å². The number of aliphatic hydroxyl groups is 1. The number of nitrogens with one attached hydrogen (secondary N) is 1. The number of nitrogens with zero attached hydrogens (tertiary/aromatic N) is 2. The van der Waals surface area contributed by atoms with Crippen molar-refractivity contribution in [3.63, 3.8) is 0 Å². The van der Waals surface area contributed by atoms with E-state index >= 15 is 0 Å². The van der Waals surface area contributed by atoms with E-state index in [1.165, 1.54) is 0 Å². The first kappa shape index (κ1) is 17.4. The minimum atomic E-state index is -1.17. The summed E-state index contributed by atoms with van der Waals surface area (Å²) in [4.78, 5) is 12.4. The van der Waals surface area contributed by atoms with Crippen LogP contribution in [0.4, 0.5) is 0 Å². The maximum absolute atomic E-state index is 12.4. The lowest BCUT2D eigenvalue weighted by Crippen LogP contribution is -2.49. The van der Waals surface area contributed by atoms with Gasteiger partial charge in [-0.2, -0.15) is 5.10 Å². The van der Waals surface area contributed by atoms with E-state index in [0.29, 0.717) is 26.0 Å². The molecule has 0 aromatic carbocycles. The number of hydrogen-bond acceptors (Lipinski definition) is 4. The minimum Gasteiger partial charge on any atom is -0.380 e. The molecule has 1 amide bonds. The van der Waals surface area contributed by atoms with Crippen LogP contribution in [0.5, 0.6) is 0 Å². The molecule has 0 unspecified atom stereocenters. The van der Waals surface area contributed by atoms with Crippen molar-refractivity contribution in [2.24, 2.45) is 13.0 Å². The molecule has 2 N–H and O–H groups in total. The van der Waals surface area contributed by atoms with Crippen LogP contribution in [0.2, 0.25) is 0 Å². The van der Waals surface area contributed by atoms with Gasteiger partial charge in [-0.3, -0.25) is 9.48 Å². The van der Waals surface area contributed by atoms with E-state index in [1.54, 1.807) is 0 Å². The predicted molar refractivity (Wildman–Crippen MR) is 90.5 cm³/mol. The van der Waals surface area contributed by atoms with Gasteiger partial charge in [-0.15, -0.1) is 0 Å². The molecule has 1 saturated heterocycles. The third-order valence-corrected chi connectivity index (χ3v) is 5.69. The zero-order valence-electron chi connectivity index (χ0n) is 15.0. The van der Waals surface area contributed by atoms with Crippen molar-refractivity contribution in [2.75, 3.05) is 13.2 Å². The van der Waals surface area contributed by atoms with Crippen molar-refractivity contribution in [2.45, 2.75) is 64.1 Å². The number of carbonyl (C=O) groups is 1. The molecule has 1 aromatic heterocycles. The Kier molecular flexibility index (Phi) is 4.97. The van der Waals surface area contributed by atoms with Crippen molar-refractivity contribution in [3.8, 4) is 0 Å². The van der Waals surface area contributed by atoms with E-state index in [-0.39, 0.29) is 17.9 Å². The Bertz CT molecular complexity index is 605. The molecule has 134 valence electrons. The lowest BCUT2D eigenvalue weighted by molar-refractivity contribution is -0.143. The van der Waals surface area contributed by atoms with E-state index < -0.39 is 5.60 Å². The summed E-state index contributed by atoms with van der Waals surface area (Å²) in [5.74, 6) is 0.00946. The highest BCUT2D eigenvalue weighted by molar-refractivity contribution is 5.84. The van der Waals surface area contributed by atoms with Crippen molar-refractivity contribution < 1.29 is 14.6 Å². The van der Waals surface area contributed by atoms with Crippen molar-refractivity contribution in [1.82, 2.24) is 15.1 Å². The summed E-state index contributed by atoms with van der Waals surface area (Å²) in [6.07, 6.45) is 4.99. The number of aromatic nitrogens is 2. The molecule has 1 aromatic rings. The van der Waals surface area contributed by atoms with Gasteiger partial charge in [0, 0.05) is 37.4 Å². The van der Waals surface area contributed by atoms with Crippen LogP contribution in [0.3, 0.4) is 0 Å². The molecule has 2 atom stereocenters. The highest BCUT2D eigenvalue weighted by Crippen LogP contribution is 2.37. The zero-order chi connectivity index (χ0) is 17.3. The predicted octanol–water partition coefficient (Wildman–Crippen LogP) is 1.93. The Labute approximate surface area is 143 Å². The molecule has 1 saturated carbocycles. The third-order valence-electron chi connectivity index (χ3n) is 5.69. The fourth-order valence-electron chi connectivity index (χ4n) is 4.12. The summed E-state index contributed by atoms with van der Waals surface area (Å²) < 4.78 is 7.84.